The fourth-order valence-corrected chi connectivity index (χ4v) is 10.3. The number of thiophene rings is 2. The third-order valence-electron chi connectivity index (χ3n) is 10.4. The number of nitrogens with zero attached hydrogens (tertiary/aromatic N) is 2. The zero-order chi connectivity index (χ0) is 46.1. The van der Waals surface area contributed by atoms with Crippen LogP contribution in [-0.4, -0.2) is 8.75 Å². The maximum absolute atomic E-state index is 14.9. The van der Waals surface area contributed by atoms with Gasteiger partial charge in [-0.25, -0.2) is 0 Å². The summed E-state index contributed by atoms with van der Waals surface area (Å²) in [4.78, 5) is 1.40. The highest BCUT2D eigenvalue weighted by molar-refractivity contribution is 7.19. The first kappa shape index (κ1) is 43.4. The molecule has 10 rings (SSSR count). The lowest BCUT2D eigenvalue weighted by Gasteiger charge is -2.20. The van der Waals surface area contributed by atoms with Crippen LogP contribution in [0.2, 0.25) is 0 Å². The molecule has 67 heavy (non-hydrogen) atoms. The summed E-state index contributed by atoms with van der Waals surface area (Å²) in [5, 5.41) is 0. The molecule has 7 aromatic carbocycles. The Labute approximate surface area is 390 Å². The van der Waals surface area contributed by atoms with Crippen molar-refractivity contribution in [3.05, 3.63) is 193 Å². The van der Waals surface area contributed by atoms with Crippen LogP contribution in [0.25, 0.3) is 52.8 Å². The molecule has 3 aromatic heterocycles. The Morgan fingerprint density at radius 3 is 0.970 bits per heavy atom. The normalized spacial score (nSPS) is 11.7. The summed E-state index contributed by atoms with van der Waals surface area (Å²) in [6.07, 6.45) is -9.48. The number of rotatable bonds is 12. The van der Waals surface area contributed by atoms with Gasteiger partial charge in [0.05, 0.1) is 34.0 Å². The Bertz CT molecular complexity index is 3120. The number of aromatic nitrogens is 2. The van der Waals surface area contributed by atoms with E-state index < -0.39 is 23.5 Å². The van der Waals surface area contributed by atoms with Crippen LogP contribution in [0.4, 0.5) is 26.3 Å². The van der Waals surface area contributed by atoms with Crippen LogP contribution in [0.5, 0.6) is 46.0 Å². The Kier molecular flexibility index (Phi) is 11.7. The molecule has 0 spiro atoms. The van der Waals surface area contributed by atoms with Crippen molar-refractivity contribution in [1.29, 1.82) is 0 Å². The van der Waals surface area contributed by atoms with E-state index in [0.717, 1.165) is 46.5 Å². The molecule has 0 unspecified atom stereocenters. The molecule has 3 heterocycles. The summed E-state index contributed by atoms with van der Waals surface area (Å²) < 4.78 is 124. The first-order valence-corrected chi connectivity index (χ1v) is 22.7. The van der Waals surface area contributed by atoms with Gasteiger partial charge in [0.15, 0.2) is 11.5 Å². The quantitative estimate of drug-likeness (QED) is 0.114. The Morgan fingerprint density at radius 2 is 0.642 bits per heavy atom. The molecule has 6 nitrogen and oxygen atoms in total. The van der Waals surface area contributed by atoms with Crippen molar-refractivity contribution in [2.24, 2.45) is 0 Å². The van der Waals surface area contributed by atoms with E-state index in [2.05, 4.69) is 0 Å². The molecule has 0 aliphatic carbocycles. The molecule has 0 saturated carbocycles. The number of benzene rings is 7. The lowest BCUT2D eigenvalue weighted by atomic mass is 10.0. The van der Waals surface area contributed by atoms with Crippen molar-refractivity contribution in [2.45, 2.75) is 12.4 Å². The predicted molar refractivity (Wildman–Crippen MR) is 251 cm³/mol. The molecule has 0 radical (unpaired) electrons. The molecule has 0 fully saturated rings. The zero-order valence-corrected chi connectivity index (χ0v) is 36.8. The molecule has 0 N–H and O–H groups in total. The van der Waals surface area contributed by atoms with Gasteiger partial charge < -0.3 is 18.9 Å². The minimum atomic E-state index is -4.74. The van der Waals surface area contributed by atoms with Crippen molar-refractivity contribution in [3.63, 3.8) is 0 Å². The number of fused-ring (bicyclic) bond motifs is 1. The topological polar surface area (TPSA) is 62.7 Å². The third kappa shape index (κ3) is 8.96. The highest BCUT2D eigenvalue weighted by Gasteiger charge is 2.38. The molecular formula is C52H30F6N2O4S3. The summed E-state index contributed by atoms with van der Waals surface area (Å²) in [6.45, 7) is 0. The third-order valence-corrected chi connectivity index (χ3v) is 13.1. The molecule has 0 atom stereocenters. The SMILES string of the molecule is FC(F)(F)c1cccc(Oc2ccccc2)c1-c1ccc(-c2c(Oc3ccccc3)c(Oc3ccccc3)c(-c3ccc(-c4c(Oc5ccccc5)cccc4C(F)(F)F)s3)c3nsnc23)s1. The zero-order valence-electron chi connectivity index (χ0n) is 34.3. The number of alkyl halides is 6. The minimum Gasteiger partial charge on any atom is -0.457 e. The molecule has 0 saturated heterocycles. The number of ether oxygens (including phenoxy) is 4. The van der Waals surface area contributed by atoms with Gasteiger partial charge in [0.1, 0.15) is 45.5 Å². The first-order valence-electron chi connectivity index (χ1n) is 20.3. The van der Waals surface area contributed by atoms with Crippen LogP contribution in [-0.2, 0) is 12.4 Å². The molecule has 0 bridgehead atoms. The maximum Gasteiger partial charge on any atom is 0.417 e. The van der Waals surface area contributed by atoms with E-state index in [1.165, 1.54) is 24.3 Å². The fraction of sp³-hybridized carbons (Fsp3) is 0.0385. The van der Waals surface area contributed by atoms with Crippen LogP contribution < -0.4 is 18.9 Å². The van der Waals surface area contributed by atoms with E-state index in [4.69, 9.17) is 27.7 Å². The predicted octanol–water partition coefficient (Wildman–Crippen LogP) is 17.7. The molecular weight excluding hydrogens is 927 g/mol. The van der Waals surface area contributed by atoms with E-state index in [1.54, 1.807) is 133 Å². The van der Waals surface area contributed by atoms with Gasteiger partial charge in [0, 0.05) is 30.6 Å². The maximum atomic E-state index is 14.9. The van der Waals surface area contributed by atoms with Crippen LogP contribution in [0, 0.1) is 0 Å². The molecule has 15 heteroatoms. The van der Waals surface area contributed by atoms with Gasteiger partial charge in [-0.15, -0.1) is 22.7 Å². The van der Waals surface area contributed by atoms with Gasteiger partial charge >= 0.3 is 12.4 Å². The van der Waals surface area contributed by atoms with E-state index in [0.29, 0.717) is 54.9 Å². The standard InChI is InChI=1S/C52H30F6N2O4S3/c53-51(54,55)35-23-13-25-37(61-31-15-5-1-6-16-31)43(35)39-27-29-41(65-39)45-47-48(60-67-59-47)46(50(64-34-21-11-4-12-22-34)49(45)63-33-19-9-3-10-20-33)42-30-28-40(66-42)44-36(52(56,57)58)24-14-26-38(44)62-32-17-7-2-8-18-32/h1-30H. The van der Waals surface area contributed by atoms with E-state index in [1.807, 2.05) is 12.1 Å². The summed E-state index contributed by atoms with van der Waals surface area (Å²) in [5.41, 5.74) is -0.726. The van der Waals surface area contributed by atoms with Crippen molar-refractivity contribution >= 4 is 45.4 Å². The second-order valence-electron chi connectivity index (χ2n) is 14.7. The fourth-order valence-electron chi connectivity index (χ4n) is 7.48. The average molecular weight is 957 g/mol. The highest BCUT2D eigenvalue weighted by atomic mass is 32.1. The summed E-state index contributed by atoms with van der Waals surface area (Å²) in [5.74, 6) is 1.76. The lowest BCUT2D eigenvalue weighted by Crippen LogP contribution is -2.07. The monoisotopic (exact) mass is 956 g/mol. The van der Waals surface area contributed by atoms with E-state index in [9.17, 15) is 26.3 Å². The van der Waals surface area contributed by atoms with Crippen molar-refractivity contribution < 1.29 is 45.3 Å². The Balaban J connectivity index is 1.20. The second kappa shape index (κ2) is 18.1. The van der Waals surface area contributed by atoms with E-state index in [-0.39, 0.29) is 43.9 Å². The highest BCUT2D eigenvalue weighted by Crippen LogP contribution is 2.57. The molecule has 332 valence electrons. The van der Waals surface area contributed by atoms with Gasteiger partial charge in [0.2, 0.25) is 0 Å². The molecule has 0 amide bonds. The van der Waals surface area contributed by atoms with Crippen molar-refractivity contribution in [3.8, 4) is 87.8 Å². The first-order chi connectivity index (χ1) is 32.5. The molecule has 10 aromatic rings. The number of hydrogen-bond donors (Lipinski definition) is 0. The number of para-hydroxylation sites is 4. The Hall–Kier alpha value is -7.46. The van der Waals surface area contributed by atoms with Crippen LogP contribution in [0.3, 0.4) is 0 Å². The van der Waals surface area contributed by atoms with Crippen LogP contribution in [0.15, 0.2) is 182 Å². The van der Waals surface area contributed by atoms with Gasteiger partial charge in [-0.05, 0) is 97.1 Å². The second-order valence-corrected chi connectivity index (χ2v) is 17.4. The summed E-state index contributed by atoms with van der Waals surface area (Å²) in [7, 11) is 0. The number of halogens is 6. The molecule has 0 aliphatic rings. The van der Waals surface area contributed by atoms with Gasteiger partial charge in [-0.2, -0.15) is 35.1 Å². The largest absolute Gasteiger partial charge is 0.457 e. The average Bonchev–Trinajstić information content (AvgIpc) is 4.13. The smallest absolute Gasteiger partial charge is 0.417 e. The lowest BCUT2D eigenvalue weighted by molar-refractivity contribution is -0.138. The Morgan fingerprint density at radius 1 is 0.328 bits per heavy atom. The number of hydrogen-bond acceptors (Lipinski definition) is 9. The van der Waals surface area contributed by atoms with Crippen LogP contribution >= 0.6 is 34.4 Å². The van der Waals surface area contributed by atoms with E-state index >= 15 is 0 Å². The van der Waals surface area contributed by atoms with Gasteiger partial charge in [0.25, 0.3) is 0 Å². The molecule has 0 aliphatic heterocycles. The summed E-state index contributed by atoms with van der Waals surface area (Å²) >= 11 is 3.02. The van der Waals surface area contributed by atoms with Gasteiger partial charge in [-0.3, -0.25) is 0 Å². The van der Waals surface area contributed by atoms with Crippen LogP contribution in [0.1, 0.15) is 11.1 Å². The van der Waals surface area contributed by atoms with Gasteiger partial charge in [-0.1, -0.05) is 84.9 Å². The van der Waals surface area contributed by atoms with Crippen molar-refractivity contribution in [2.75, 3.05) is 0 Å². The summed E-state index contributed by atoms with van der Waals surface area (Å²) in [6, 6.07) is 48.9. The van der Waals surface area contributed by atoms with Crippen molar-refractivity contribution in [1.82, 2.24) is 8.75 Å². The minimum absolute atomic E-state index is 0.00275.